The lowest BCUT2D eigenvalue weighted by Crippen LogP contribution is -2.62. The summed E-state index contributed by atoms with van der Waals surface area (Å²) in [5.74, 6) is -2.50. The number of nitrogens with two attached hydrogens (primary N) is 1. The molecule has 32 heavy (non-hydrogen) atoms. The van der Waals surface area contributed by atoms with Crippen LogP contribution in [0.1, 0.15) is 53.7 Å². The number of hydrogen-bond donors (Lipinski definition) is 4. The quantitative estimate of drug-likeness (QED) is 0.556. The van der Waals surface area contributed by atoms with Crippen molar-refractivity contribution in [1.82, 2.24) is 10.6 Å². The summed E-state index contributed by atoms with van der Waals surface area (Å²) < 4.78 is 6.09. The average molecular weight is 431 g/mol. The fourth-order valence-corrected chi connectivity index (χ4v) is 4.81. The largest absolute Gasteiger partial charge is 0.454 e. The van der Waals surface area contributed by atoms with Crippen LogP contribution < -0.4 is 21.1 Å². The van der Waals surface area contributed by atoms with Gasteiger partial charge < -0.3 is 26.2 Å². The molecule has 2 aromatic carbocycles. The molecule has 3 unspecified atom stereocenters. The zero-order valence-electron chi connectivity index (χ0n) is 18.1. The van der Waals surface area contributed by atoms with Crippen LogP contribution in [0, 0.1) is 0 Å². The van der Waals surface area contributed by atoms with Crippen molar-refractivity contribution in [2.45, 2.75) is 44.1 Å². The Labute approximate surface area is 186 Å². The van der Waals surface area contributed by atoms with E-state index in [1.54, 1.807) is 36.5 Å². The van der Waals surface area contributed by atoms with Crippen molar-refractivity contribution in [3.8, 4) is 5.75 Å². The van der Waals surface area contributed by atoms with E-state index in [-0.39, 0.29) is 22.7 Å². The molecule has 2 heterocycles. The lowest BCUT2D eigenvalue weighted by Gasteiger charge is -2.35. The summed E-state index contributed by atoms with van der Waals surface area (Å²) in [6, 6.07) is 9.61. The second-order valence-corrected chi connectivity index (χ2v) is 8.88. The van der Waals surface area contributed by atoms with Crippen molar-refractivity contribution in [2.24, 2.45) is 0 Å². The molecule has 0 fully saturated rings. The molecule has 0 aromatic heterocycles. The molecule has 0 bridgehead atoms. The number of carbonyl (C=O) groups excluding carboxylic acids is 2. The Morgan fingerprint density at radius 1 is 1.25 bits per heavy atom. The molecule has 0 spiro atoms. The van der Waals surface area contributed by atoms with E-state index in [0.29, 0.717) is 11.3 Å². The van der Waals surface area contributed by atoms with Crippen LogP contribution in [0.5, 0.6) is 5.75 Å². The van der Waals surface area contributed by atoms with Crippen LogP contribution in [0.3, 0.4) is 0 Å². The molecule has 2 aromatic rings. The van der Waals surface area contributed by atoms with Gasteiger partial charge in [-0.3, -0.25) is 9.59 Å². The van der Waals surface area contributed by atoms with Gasteiger partial charge in [0.1, 0.15) is 11.8 Å². The monoisotopic (exact) mass is 431 g/mol. The maximum Gasteiger partial charge on any atom is 0.271 e. The first-order chi connectivity index (χ1) is 15.2. The van der Waals surface area contributed by atoms with E-state index in [0.717, 1.165) is 11.1 Å². The minimum atomic E-state index is -2.12. The molecule has 0 saturated heterocycles. The van der Waals surface area contributed by atoms with Gasteiger partial charge in [-0.2, -0.15) is 0 Å². The number of benzene rings is 2. The molecule has 5 rings (SSSR count). The molecule has 3 aliphatic rings. The molecule has 0 saturated carbocycles. The number of Topliss-reactive ketones (excluding diaryl/α,β-unsaturated/α-hetero) is 1. The second-order valence-electron chi connectivity index (χ2n) is 8.88. The number of allylic oxidation sites excluding steroid dienone is 2. The summed E-state index contributed by atoms with van der Waals surface area (Å²) in [5, 5.41) is 17.7. The van der Waals surface area contributed by atoms with Gasteiger partial charge in [0.2, 0.25) is 17.2 Å². The van der Waals surface area contributed by atoms with Gasteiger partial charge in [-0.1, -0.05) is 43.7 Å². The lowest BCUT2D eigenvalue weighted by molar-refractivity contribution is -0.175. The van der Waals surface area contributed by atoms with Gasteiger partial charge in [0.15, 0.2) is 0 Å². The highest BCUT2D eigenvalue weighted by molar-refractivity contribution is 6.15. The summed E-state index contributed by atoms with van der Waals surface area (Å²) >= 11 is 0. The van der Waals surface area contributed by atoms with E-state index >= 15 is 0 Å². The summed E-state index contributed by atoms with van der Waals surface area (Å²) in [5.41, 5.74) is 7.22. The number of rotatable bonds is 3. The van der Waals surface area contributed by atoms with Crippen molar-refractivity contribution in [3.05, 3.63) is 82.6 Å². The van der Waals surface area contributed by atoms with Gasteiger partial charge in [-0.25, -0.2) is 0 Å². The highest BCUT2D eigenvalue weighted by atomic mass is 16.6. The van der Waals surface area contributed by atoms with Crippen LogP contribution >= 0.6 is 0 Å². The lowest BCUT2D eigenvalue weighted by atomic mass is 9.82. The van der Waals surface area contributed by atoms with E-state index in [1.807, 2.05) is 39.0 Å². The third kappa shape index (κ3) is 2.51. The predicted octanol–water partition coefficient (Wildman–Crippen LogP) is 2.57. The molecular formula is C25H25N3O4. The fraction of sp³-hybridized carbons (Fsp3) is 0.280. The third-order valence-electron chi connectivity index (χ3n) is 6.52. The van der Waals surface area contributed by atoms with Crippen LogP contribution in [0.4, 0.5) is 5.69 Å². The number of fused-ring (bicyclic) bond motifs is 5. The van der Waals surface area contributed by atoms with E-state index in [2.05, 4.69) is 10.6 Å². The first-order valence-electron chi connectivity index (χ1n) is 10.6. The van der Waals surface area contributed by atoms with Gasteiger partial charge in [0.25, 0.3) is 5.79 Å². The van der Waals surface area contributed by atoms with Gasteiger partial charge in [-0.15, -0.1) is 0 Å². The molecule has 0 radical (unpaired) electrons. The maximum absolute atomic E-state index is 13.9. The molecule has 5 N–H and O–H groups in total. The minimum absolute atomic E-state index is 0.164. The smallest absolute Gasteiger partial charge is 0.271 e. The summed E-state index contributed by atoms with van der Waals surface area (Å²) in [6.45, 7) is 5.97. The number of nitrogens with one attached hydrogen (secondary N) is 2. The molecular weight excluding hydrogens is 406 g/mol. The van der Waals surface area contributed by atoms with Crippen LogP contribution in [0.2, 0.25) is 0 Å². The number of carbonyl (C=O) groups is 2. The number of aliphatic hydroxyl groups is 1. The van der Waals surface area contributed by atoms with E-state index in [1.165, 1.54) is 0 Å². The average Bonchev–Trinajstić information content (AvgIpc) is 3.11. The van der Waals surface area contributed by atoms with Crippen molar-refractivity contribution in [1.29, 1.82) is 0 Å². The number of dihydropyridines is 1. The Kier molecular flexibility index (Phi) is 4.26. The Balaban J connectivity index is 1.69. The normalized spacial score (nSPS) is 27.2. The van der Waals surface area contributed by atoms with Crippen molar-refractivity contribution in [3.63, 3.8) is 0 Å². The Morgan fingerprint density at radius 2 is 2.03 bits per heavy atom. The molecule has 164 valence electrons. The third-order valence-corrected chi connectivity index (χ3v) is 6.52. The Hall–Kier alpha value is -3.58. The fourth-order valence-electron chi connectivity index (χ4n) is 4.81. The van der Waals surface area contributed by atoms with E-state index in [4.69, 9.17) is 10.5 Å². The van der Waals surface area contributed by atoms with Crippen LogP contribution in [-0.2, 0) is 16.1 Å². The molecule has 1 amide bonds. The zero-order chi connectivity index (χ0) is 22.8. The van der Waals surface area contributed by atoms with Crippen molar-refractivity contribution >= 4 is 17.4 Å². The molecule has 1 aliphatic carbocycles. The Bertz CT molecular complexity index is 1230. The molecule has 2 aliphatic heterocycles. The SMILES string of the molecule is CC1=CC(C(=O)NC23C(=O)c4c(N)cccc4C2(O)Oc2cc(C(C)C)ccc23)NC=C1. The Morgan fingerprint density at radius 3 is 2.75 bits per heavy atom. The van der Waals surface area contributed by atoms with Gasteiger partial charge >= 0.3 is 0 Å². The molecule has 7 nitrogen and oxygen atoms in total. The first kappa shape index (κ1) is 20.3. The maximum atomic E-state index is 13.9. The topological polar surface area (TPSA) is 114 Å². The van der Waals surface area contributed by atoms with Crippen LogP contribution in [0.15, 0.2) is 60.3 Å². The standard InChI is InChI=1S/C25H25N3O4/c1-13(2)15-7-8-16-20(12-15)32-25(31)17-5-4-6-18(26)21(17)22(29)24(16,25)28-23(30)19-11-14(3)9-10-27-19/h4-13,19,27,31H,26H2,1-3H3,(H,28,30). The van der Waals surface area contributed by atoms with Gasteiger partial charge in [0.05, 0.1) is 5.56 Å². The highest BCUT2D eigenvalue weighted by Gasteiger charge is 2.72. The predicted molar refractivity (Wildman–Crippen MR) is 120 cm³/mol. The number of amides is 1. The summed E-state index contributed by atoms with van der Waals surface area (Å²) in [4.78, 5) is 27.2. The van der Waals surface area contributed by atoms with Gasteiger partial charge in [0, 0.05) is 16.8 Å². The highest BCUT2D eigenvalue weighted by Crippen LogP contribution is 2.59. The summed E-state index contributed by atoms with van der Waals surface area (Å²) in [6.07, 6.45) is 5.28. The van der Waals surface area contributed by atoms with Crippen molar-refractivity contribution in [2.75, 3.05) is 5.73 Å². The number of anilines is 1. The zero-order valence-corrected chi connectivity index (χ0v) is 18.1. The number of ketones is 1. The first-order valence-corrected chi connectivity index (χ1v) is 10.6. The second kappa shape index (κ2) is 6.71. The van der Waals surface area contributed by atoms with Crippen molar-refractivity contribution < 1.29 is 19.4 Å². The van der Waals surface area contributed by atoms with E-state index in [9.17, 15) is 14.7 Å². The summed E-state index contributed by atoms with van der Waals surface area (Å²) in [7, 11) is 0. The number of hydrogen-bond acceptors (Lipinski definition) is 6. The van der Waals surface area contributed by atoms with Crippen LogP contribution in [-0.4, -0.2) is 22.8 Å². The van der Waals surface area contributed by atoms with Crippen LogP contribution in [0.25, 0.3) is 0 Å². The van der Waals surface area contributed by atoms with Gasteiger partial charge in [-0.05, 0) is 48.9 Å². The minimum Gasteiger partial charge on any atom is -0.454 e. The molecule has 3 atom stereocenters. The number of nitrogen functional groups attached to an aromatic ring is 1. The van der Waals surface area contributed by atoms with E-state index < -0.39 is 29.1 Å². The number of ether oxygens (including phenoxy) is 1. The molecule has 7 heteroatoms.